The van der Waals surface area contributed by atoms with Crippen LogP contribution in [0.3, 0.4) is 0 Å². The van der Waals surface area contributed by atoms with Crippen molar-refractivity contribution in [3.05, 3.63) is 60.8 Å². The van der Waals surface area contributed by atoms with Gasteiger partial charge < -0.3 is 14.2 Å². The number of ether oxygens (including phenoxy) is 3. The van der Waals surface area contributed by atoms with Gasteiger partial charge in [0.05, 0.1) is 0 Å². The lowest BCUT2D eigenvalue weighted by Gasteiger charge is -2.18. The van der Waals surface area contributed by atoms with Gasteiger partial charge in [-0.05, 0) is 89.9 Å². The highest BCUT2D eigenvalue weighted by Crippen LogP contribution is 2.18. The Labute approximate surface area is 498 Å². The molecule has 80 heavy (non-hydrogen) atoms. The van der Waals surface area contributed by atoms with Crippen molar-refractivity contribution in [2.75, 3.05) is 13.2 Å². The van der Waals surface area contributed by atoms with E-state index >= 15 is 0 Å². The molecule has 6 nitrogen and oxygen atoms in total. The minimum atomic E-state index is -0.781. The zero-order valence-electron chi connectivity index (χ0n) is 53.6. The molecule has 1 atom stereocenters. The third kappa shape index (κ3) is 65.9. The zero-order valence-corrected chi connectivity index (χ0v) is 53.6. The third-order valence-electron chi connectivity index (χ3n) is 15.7. The van der Waals surface area contributed by atoms with Crippen LogP contribution in [-0.4, -0.2) is 37.2 Å². The molecule has 1 unspecified atom stereocenters. The van der Waals surface area contributed by atoms with Crippen LogP contribution in [0.1, 0.15) is 374 Å². The second-order valence-electron chi connectivity index (χ2n) is 23.8. The number of esters is 3. The molecule has 0 saturated heterocycles. The van der Waals surface area contributed by atoms with Crippen LogP contribution < -0.4 is 0 Å². The highest BCUT2D eigenvalue weighted by atomic mass is 16.6. The smallest absolute Gasteiger partial charge is 0.306 e. The van der Waals surface area contributed by atoms with Crippen LogP contribution in [0, 0.1) is 0 Å². The molecule has 0 aliphatic rings. The summed E-state index contributed by atoms with van der Waals surface area (Å²) in [6, 6.07) is 0. The van der Waals surface area contributed by atoms with E-state index in [1.54, 1.807) is 0 Å². The summed E-state index contributed by atoms with van der Waals surface area (Å²) in [6.07, 6.45) is 88.1. The molecule has 466 valence electrons. The Balaban J connectivity index is 4.35. The quantitative estimate of drug-likeness (QED) is 0.0261. The standard InChI is InChI=1S/C74H134O6/c1-4-7-10-13-16-19-22-25-28-31-34-36-37-38-41-43-46-49-52-55-58-61-64-67-73(76)79-70-71(69-78-72(75)66-63-60-57-54-51-48-45-42-39-33-30-27-24-21-18-15-12-9-6-3)80-74(77)68-65-62-59-56-53-50-47-44-40-35-32-29-26-23-20-17-14-11-8-5-2/h18,21-22,25,27,30-31,34,39,42,71H,4-17,19-20,23-24,26,28-29,32-33,35-38,40-41,43-70H2,1-3H3/b21-18-,25-22-,30-27-,34-31-,42-39-. The van der Waals surface area contributed by atoms with Crippen molar-refractivity contribution in [2.45, 2.75) is 380 Å². The SMILES string of the molecule is CCCCC/C=C\C/C=C\C/C=C\CCCCCCCCC(=O)OCC(COC(=O)CCCCCCCCCCCCC/C=C\C/C=C\CCCCCCC)OC(=O)CCCCCCCCCCCCCCCCCCCCCC. The summed E-state index contributed by atoms with van der Waals surface area (Å²) in [7, 11) is 0. The number of hydrogen-bond acceptors (Lipinski definition) is 6. The number of rotatable bonds is 65. The fraction of sp³-hybridized carbons (Fsp3) is 0.824. The first kappa shape index (κ1) is 77.1. The maximum absolute atomic E-state index is 13.0. The van der Waals surface area contributed by atoms with Crippen molar-refractivity contribution < 1.29 is 28.6 Å². The molecule has 0 aliphatic carbocycles. The Morgan fingerprint density at radius 1 is 0.250 bits per heavy atom. The predicted molar refractivity (Wildman–Crippen MR) is 348 cm³/mol. The monoisotopic (exact) mass is 1120 g/mol. The number of allylic oxidation sites excluding steroid dienone is 10. The Morgan fingerprint density at radius 2 is 0.450 bits per heavy atom. The predicted octanol–water partition coefficient (Wildman–Crippen LogP) is 24.3. The van der Waals surface area contributed by atoms with Crippen molar-refractivity contribution in [3.63, 3.8) is 0 Å². The molecule has 0 radical (unpaired) electrons. The van der Waals surface area contributed by atoms with Crippen LogP contribution in [0.5, 0.6) is 0 Å². The summed E-state index contributed by atoms with van der Waals surface area (Å²) in [5, 5.41) is 0. The number of unbranched alkanes of at least 4 members (excludes halogenated alkanes) is 44. The van der Waals surface area contributed by atoms with E-state index in [0.29, 0.717) is 19.3 Å². The lowest BCUT2D eigenvalue weighted by atomic mass is 10.0. The molecule has 6 heteroatoms. The average molecular weight is 1120 g/mol. The van der Waals surface area contributed by atoms with Gasteiger partial charge in [0.1, 0.15) is 13.2 Å². The molecule has 0 bridgehead atoms. The molecule has 0 saturated carbocycles. The van der Waals surface area contributed by atoms with Gasteiger partial charge in [-0.25, -0.2) is 0 Å². The molecule has 0 spiro atoms. The third-order valence-corrected chi connectivity index (χ3v) is 15.7. The summed E-state index contributed by atoms with van der Waals surface area (Å²) in [6.45, 7) is 6.66. The van der Waals surface area contributed by atoms with Crippen LogP contribution in [0.15, 0.2) is 60.8 Å². The van der Waals surface area contributed by atoms with Gasteiger partial charge in [-0.15, -0.1) is 0 Å². The topological polar surface area (TPSA) is 78.9 Å². The molecule has 0 aliphatic heterocycles. The second-order valence-corrected chi connectivity index (χ2v) is 23.8. The fourth-order valence-corrected chi connectivity index (χ4v) is 10.4. The van der Waals surface area contributed by atoms with E-state index in [4.69, 9.17) is 14.2 Å². The molecular weight excluding hydrogens is 985 g/mol. The van der Waals surface area contributed by atoms with Gasteiger partial charge in [0.2, 0.25) is 0 Å². The Bertz CT molecular complexity index is 1430. The molecule has 0 aromatic carbocycles. The molecule has 0 heterocycles. The van der Waals surface area contributed by atoms with Gasteiger partial charge in [-0.2, -0.15) is 0 Å². The van der Waals surface area contributed by atoms with E-state index in [0.717, 1.165) is 83.5 Å². The summed E-state index contributed by atoms with van der Waals surface area (Å²) in [5.41, 5.74) is 0. The minimum Gasteiger partial charge on any atom is -0.462 e. The minimum absolute atomic E-state index is 0.0759. The maximum Gasteiger partial charge on any atom is 0.306 e. The second kappa shape index (κ2) is 68.6. The van der Waals surface area contributed by atoms with Crippen molar-refractivity contribution in [3.8, 4) is 0 Å². The summed E-state index contributed by atoms with van der Waals surface area (Å²) >= 11 is 0. The van der Waals surface area contributed by atoms with Crippen molar-refractivity contribution in [2.24, 2.45) is 0 Å². The van der Waals surface area contributed by atoms with E-state index in [-0.39, 0.29) is 31.1 Å². The first-order valence-electron chi connectivity index (χ1n) is 35.3. The molecule has 0 aromatic rings. The van der Waals surface area contributed by atoms with Crippen LogP contribution >= 0.6 is 0 Å². The molecule has 0 N–H and O–H groups in total. The van der Waals surface area contributed by atoms with E-state index in [2.05, 4.69) is 81.5 Å². The van der Waals surface area contributed by atoms with E-state index < -0.39 is 6.10 Å². The van der Waals surface area contributed by atoms with Crippen LogP contribution in [-0.2, 0) is 28.6 Å². The Hall–Kier alpha value is -2.89. The van der Waals surface area contributed by atoms with Gasteiger partial charge in [-0.3, -0.25) is 14.4 Å². The van der Waals surface area contributed by atoms with Gasteiger partial charge in [-0.1, -0.05) is 326 Å². The number of carbonyl (C=O) groups is 3. The Kier molecular flexibility index (Phi) is 66.1. The first-order valence-corrected chi connectivity index (χ1v) is 35.3. The molecular formula is C74H134O6. The van der Waals surface area contributed by atoms with Crippen LogP contribution in [0.4, 0.5) is 0 Å². The number of carbonyl (C=O) groups excluding carboxylic acids is 3. The van der Waals surface area contributed by atoms with Gasteiger partial charge in [0.15, 0.2) is 6.10 Å². The zero-order chi connectivity index (χ0) is 57.8. The van der Waals surface area contributed by atoms with E-state index in [1.165, 1.54) is 250 Å². The molecule has 0 fully saturated rings. The summed E-state index contributed by atoms with van der Waals surface area (Å²) < 4.78 is 17.0. The molecule has 0 amide bonds. The molecule has 0 aromatic heterocycles. The number of hydrogen-bond donors (Lipinski definition) is 0. The lowest BCUT2D eigenvalue weighted by molar-refractivity contribution is -0.167. The average Bonchev–Trinajstić information content (AvgIpc) is 3.46. The van der Waals surface area contributed by atoms with Gasteiger partial charge in [0, 0.05) is 19.3 Å². The maximum atomic E-state index is 13.0. The van der Waals surface area contributed by atoms with E-state index in [9.17, 15) is 14.4 Å². The highest BCUT2D eigenvalue weighted by molar-refractivity contribution is 5.71. The Morgan fingerprint density at radius 3 is 0.725 bits per heavy atom. The van der Waals surface area contributed by atoms with E-state index in [1.807, 2.05) is 0 Å². The lowest BCUT2D eigenvalue weighted by Crippen LogP contribution is -2.30. The van der Waals surface area contributed by atoms with Gasteiger partial charge in [0.25, 0.3) is 0 Å². The van der Waals surface area contributed by atoms with Crippen LogP contribution in [0.2, 0.25) is 0 Å². The van der Waals surface area contributed by atoms with Crippen molar-refractivity contribution >= 4 is 17.9 Å². The van der Waals surface area contributed by atoms with Gasteiger partial charge >= 0.3 is 17.9 Å². The summed E-state index contributed by atoms with van der Waals surface area (Å²) in [4.78, 5) is 38.5. The van der Waals surface area contributed by atoms with Crippen LogP contribution in [0.25, 0.3) is 0 Å². The highest BCUT2D eigenvalue weighted by Gasteiger charge is 2.19. The molecule has 0 rings (SSSR count). The summed E-state index contributed by atoms with van der Waals surface area (Å²) in [5.74, 6) is -0.865. The first-order chi connectivity index (χ1) is 39.5. The fourth-order valence-electron chi connectivity index (χ4n) is 10.4. The van der Waals surface area contributed by atoms with Crippen molar-refractivity contribution in [1.82, 2.24) is 0 Å². The van der Waals surface area contributed by atoms with Crippen molar-refractivity contribution in [1.29, 1.82) is 0 Å². The largest absolute Gasteiger partial charge is 0.462 e. The normalized spacial score (nSPS) is 12.4.